The Morgan fingerprint density at radius 1 is 1.26 bits per heavy atom. The van der Waals surface area contributed by atoms with Crippen LogP contribution in [0.2, 0.25) is 5.02 Å². The van der Waals surface area contributed by atoms with Crippen LogP contribution in [-0.4, -0.2) is 15.0 Å². The molecule has 0 aromatic heterocycles. The van der Waals surface area contributed by atoms with Gasteiger partial charge in [0.1, 0.15) is 4.90 Å². The molecule has 0 bridgehead atoms. The third-order valence-corrected chi connectivity index (χ3v) is 5.27. The molecule has 1 saturated carbocycles. The fourth-order valence-corrected chi connectivity index (χ4v) is 3.95. The van der Waals surface area contributed by atoms with E-state index in [1.807, 2.05) is 0 Å². The highest BCUT2D eigenvalue weighted by molar-refractivity contribution is 7.89. The maximum atomic E-state index is 12.2. The summed E-state index contributed by atoms with van der Waals surface area (Å²) < 4.78 is 27.0. The van der Waals surface area contributed by atoms with Crippen LogP contribution in [-0.2, 0) is 10.0 Å². The van der Waals surface area contributed by atoms with Crippen LogP contribution in [0.3, 0.4) is 0 Å². The molecule has 6 heteroatoms. The van der Waals surface area contributed by atoms with Gasteiger partial charge in [-0.25, -0.2) is 13.1 Å². The number of halogens is 1. The summed E-state index contributed by atoms with van der Waals surface area (Å²) in [6, 6.07) is 4.48. The average molecular weight is 303 g/mol. The van der Waals surface area contributed by atoms with Crippen LogP contribution >= 0.6 is 11.6 Å². The summed E-state index contributed by atoms with van der Waals surface area (Å²) in [6.45, 7) is 0.480. The Kier molecular flexibility index (Phi) is 4.71. The predicted octanol–water partition coefficient (Wildman–Crippen LogP) is 2.78. The van der Waals surface area contributed by atoms with Gasteiger partial charge in [0.05, 0.1) is 5.69 Å². The maximum Gasteiger partial charge on any atom is 0.242 e. The molecule has 1 aliphatic rings. The van der Waals surface area contributed by atoms with Crippen molar-refractivity contribution in [3.8, 4) is 0 Å². The van der Waals surface area contributed by atoms with Gasteiger partial charge >= 0.3 is 0 Å². The normalized spacial score (nSPS) is 17.5. The molecular formula is C13H19ClN2O2S. The lowest BCUT2D eigenvalue weighted by Gasteiger charge is -2.21. The first kappa shape index (κ1) is 14.6. The number of sulfonamides is 1. The van der Waals surface area contributed by atoms with E-state index in [1.165, 1.54) is 31.4 Å². The molecule has 0 heterocycles. The third kappa shape index (κ3) is 3.84. The van der Waals surface area contributed by atoms with Gasteiger partial charge in [0, 0.05) is 11.6 Å². The molecular weight excluding hydrogens is 284 g/mol. The first-order valence-corrected chi connectivity index (χ1v) is 8.40. The van der Waals surface area contributed by atoms with Gasteiger partial charge in [-0.3, -0.25) is 0 Å². The Bertz CT molecular complexity index is 540. The van der Waals surface area contributed by atoms with Crippen molar-refractivity contribution in [2.45, 2.75) is 37.0 Å². The number of hydrogen-bond acceptors (Lipinski definition) is 3. The SMILES string of the molecule is Nc1ccc(Cl)cc1S(=O)(=O)NCC1CCCCC1. The van der Waals surface area contributed by atoms with Crippen LogP contribution < -0.4 is 10.5 Å². The van der Waals surface area contributed by atoms with Crippen LogP contribution in [0.1, 0.15) is 32.1 Å². The molecule has 1 fully saturated rings. The zero-order chi connectivity index (χ0) is 13.9. The number of nitrogen functional groups attached to an aromatic ring is 1. The lowest BCUT2D eigenvalue weighted by molar-refractivity contribution is 0.357. The summed E-state index contributed by atoms with van der Waals surface area (Å²) in [4.78, 5) is 0.0656. The lowest BCUT2D eigenvalue weighted by atomic mass is 9.90. The van der Waals surface area contributed by atoms with E-state index in [1.54, 1.807) is 6.07 Å². The molecule has 0 atom stereocenters. The number of benzene rings is 1. The predicted molar refractivity (Wildman–Crippen MR) is 77.6 cm³/mol. The van der Waals surface area contributed by atoms with Crippen molar-refractivity contribution in [3.05, 3.63) is 23.2 Å². The number of hydrogen-bond donors (Lipinski definition) is 2. The first-order chi connectivity index (χ1) is 8.99. The van der Waals surface area contributed by atoms with Gasteiger partial charge in [-0.05, 0) is 37.0 Å². The van der Waals surface area contributed by atoms with Crippen molar-refractivity contribution >= 4 is 27.3 Å². The molecule has 0 amide bonds. The van der Waals surface area contributed by atoms with Crippen LogP contribution in [0.25, 0.3) is 0 Å². The second-order valence-electron chi connectivity index (χ2n) is 5.04. The van der Waals surface area contributed by atoms with E-state index in [4.69, 9.17) is 17.3 Å². The number of rotatable bonds is 4. The molecule has 2 rings (SSSR count). The maximum absolute atomic E-state index is 12.2. The van der Waals surface area contributed by atoms with Crippen molar-refractivity contribution < 1.29 is 8.42 Å². The zero-order valence-corrected chi connectivity index (χ0v) is 12.3. The molecule has 19 heavy (non-hydrogen) atoms. The highest BCUT2D eigenvalue weighted by atomic mass is 35.5. The summed E-state index contributed by atoms with van der Waals surface area (Å²) >= 11 is 5.82. The quantitative estimate of drug-likeness (QED) is 0.840. The Balaban J connectivity index is 2.07. The van der Waals surface area contributed by atoms with Gasteiger partial charge in [-0.1, -0.05) is 30.9 Å². The molecule has 0 saturated heterocycles. The minimum absolute atomic E-state index is 0.0656. The van der Waals surface area contributed by atoms with Gasteiger partial charge in [0.25, 0.3) is 0 Å². The first-order valence-electron chi connectivity index (χ1n) is 6.54. The molecule has 1 aliphatic carbocycles. The molecule has 4 nitrogen and oxygen atoms in total. The van der Waals surface area contributed by atoms with Crippen LogP contribution in [0.5, 0.6) is 0 Å². The van der Waals surface area contributed by atoms with Gasteiger partial charge in [-0.15, -0.1) is 0 Å². The molecule has 1 aromatic carbocycles. The lowest BCUT2D eigenvalue weighted by Crippen LogP contribution is -2.30. The van der Waals surface area contributed by atoms with Crippen LogP contribution in [0, 0.1) is 5.92 Å². The molecule has 0 radical (unpaired) electrons. The summed E-state index contributed by atoms with van der Waals surface area (Å²) in [5.41, 5.74) is 5.93. The monoisotopic (exact) mass is 302 g/mol. The Morgan fingerprint density at radius 3 is 2.63 bits per heavy atom. The summed E-state index contributed by atoms with van der Waals surface area (Å²) in [5, 5.41) is 0.368. The summed E-state index contributed by atoms with van der Waals surface area (Å²) in [7, 11) is -3.57. The third-order valence-electron chi connectivity index (χ3n) is 3.55. The molecule has 0 spiro atoms. The topological polar surface area (TPSA) is 72.2 Å². The van der Waals surface area contributed by atoms with Gasteiger partial charge in [0.15, 0.2) is 0 Å². The second-order valence-corrected chi connectivity index (χ2v) is 7.21. The molecule has 0 unspecified atom stereocenters. The summed E-state index contributed by atoms with van der Waals surface area (Å²) in [6.07, 6.45) is 5.81. The van der Waals surface area contributed by atoms with E-state index in [0.29, 0.717) is 17.5 Å². The van der Waals surface area contributed by atoms with Gasteiger partial charge in [-0.2, -0.15) is 0 Å². The molecule has 106 valence electrons. The van der Waals surface area contributed by atoms with Crippen molar-refractivity contribution in [1.29, 1.82) is 0 Å². The van der Waals surface area contributed by atoms with E-state index in [-0.39, 0.29) is 10.6 Å². The van der Waals surface area contributed by atoms with Gasteiger partial charge < -0.3 is 5.73 Å². The largest absolute Gasteiger partial charge is 0.398 e. The minimum Gasteiger partial charge on any atom is -0.398 e. The smallest absolute Gasteiger partial charge is 0.242 e. The minimum atomic E-state index is -3.57. The highest BCUT2D eigenvalue weighted by Gasteiger charge is 2.20. The van der Waals surface area contributed by atoms with Crippen molar-refractivity contribution in [3.63, 3.8) is 0 Å². The average Bonchev–Trinajstić information content (AvgIpc) is 2.40. The standard InChI is InChI=1S/C13H19ClN2O2S/c14-11-6-7-12(15)13(8-11)19(17,18)16-9-10-4-2-1-3-5-10/h6-8,10,16H,1-5,9,15H2. The zero-order valence-electron chi connectivity index (χ0n) is 10.7. The van der Waals surface area contributed by atoms with Gasteiger partial charge in [0.2, 0.25) is 10.0 Å². The fraction of sp³-hybridized carbons (Fsp3) is 0.538. The highest BCUT2D eigenvalue weighted by Crippen LogP contribution is 2.25. The number of nitrogens with one attached hydrogen (secondary N) is 1. The number of anilines is 1. The van der Waals surface area contributed by atoms with Crippen LogP contribution in [0.4, 0.5) is 5.69 Å². The van der Waals surface area contributed by atoms with Crippen LogP contribution in [0.15, 0.2) is 23.1 Å². The summed E-state index contributed by atoms with van der Waals surface area (Å²) in [5.74, 6) is 0.434. The van der Waals surface area contributed by atoms with Crippen molar-refractivity contribution in [2.75, 3.05) is 12.3 Å². The van der Waals surface area contributed by atoms with Crippen molar-refractivity contribution in [1.82, 2.24) is 4.72 Å². The van der Waals surface area contributed by atoms with E-state index < -0.39 is 10.0 Å². The molecule has 1 aromatic rings. The Morgan fingerprint density at radius 2 is 1.95 bits per heavy atom. The van der Waals surface area contributed by atoms with E-state index in [9.17, 15) is 8.42 Å². The van der Waals surface area contributed by atoms with E-state index in [0.717, 1.165) is 12.8 Å². The second kappa shape index (κ2) is 6.11. The van der Waals surface area contributed by atoms with E-state index >= 15 is 0 Å². The van der Waals surface area contributed by atoms with E-state index in [2.05, 4.69) is 4.72 Å². The fourth-order valence-electron chi connectivity index (χ4n) is 2.44. The number of nitrogens with two attached hydrogens (primary N) is 1. The molecule has 3 N–H and O–H groups in total. The molecule has 0 aliphatic heterocycles. The Hall–Kier alpha value is -0.780. The Labute approximate surface area is 119 Å². The van der Waals surface area contributed by atoms with Crippen molar-refractivity contribution in [2.24, 2.45) is 5.92 Å².